The highest BCUT2D eigenvalue weighted by atomic mass is 32.1. The standard InChI is InChI=1S/C15H19NO3S/c1-10-4-3-7-16(9-10)15(19)13-8-11(2)12(20-13)5-6-14(17)18/h5-6,8,10H,3-4,7,9H2,1-2H3,(H,17,18)/b6-5+. The van der Waals surface area contributed by atoms with E-state index >= 15 is 0 Å². The van der Waals surface area contributed by atoms with E-state index in [1.165, 1.54) is 17.8 Å². The van der Waals surface area contributed by atoms with Gasteiger partial charge in [-0.25, -0.2) is 4.79 Å². The van der Waals surface area contributed by atoms with Crippen LogP contribution in [0, 0.1) is 12.8 Å². The zero-order chi connectivity index (χ0) is 14.7. The lowest BCUT2D eigenvalue weighted by Crippen LogP contribution is -2.38. The smallest absolute Gasteiger partial charge is 0.328 e. The van der Waals surface area contributed by atoms with Gasteiger partial charge in [-0.05, 0) is 43.4 Å². The van der Waals surface area contributed by atoms with Gasteiger partial charge >= 0.3 is 5.97 Å². The molecule has 4 nitrogen and oxygen atoms in total. The first-order valence-electron chi connectivity index (χ1n) is 6.78. The second-order valence-corrected chi connectivity index (χ2v) is 6.41. The molecule has 0 bridgehead atoms. The minimum absolute atomic E-state index is 0.0691. The molecule has 1 aromatic heterocycles. The molecule has 2 rings (SSSR count). The fourth-order valence-corrected chi connectivity index (χ4v) is 3.49. The van der Waals surface area contributed by atoms with Crippen LogP contribution >= 0.6 is 11.3 Å². The van der Waals surface area contributed by atoms with Crippen LogP contribution in [0.25, 0.3) is 6.08 Å². The van der Waals surface area contributed by atoms with Crippen molar-refractivity contribution in [2.24, 2.45) is 5.92 Å². The van der Waals surface area contributed by atoms with Gasteiger partial charge in [0.15, 0.2) is 0 Å². The highest BCUT2D eigenvalue weighted by Gasteiger charge is 2.23. The van der Waals surface area contributed by atoms with Gasteiger partial charge in [0.25, 0.3) is 5.91 Å². The molecule has 1 unspecified atom stereocenters. The summed E-state index contributed by atoms with van der Waals surface area (Å²) in [6, 6.07) is 1.85. The Labute approximate surface area is 122 Å². The molecule has 1 amide bonds. The van der Waals surface area contributed by atoms with Crippen LogP contribution in [-0.2, 0) is 4.79 Å². The Morgan fingerprint density at radius 3 is 2.90 bits per heavy atom. The fraction of sp³-hybridized carbons (Fsp3) is 0.467. The maximum Gasteiger partial charge on any atom is 0.328 e. The maximum atomic E-state index is 12.4. The number of piperidine rings is 1. The van der Waals surface area contributed by atoms with Crippen molar-refractivity contribution in [3.8, 4) is 0 Å². The van der Waals surface area contributed by atoms with Crippen LogP contribution in [0.2, 0.25) is 0 Å². The number of likely N-dealkylation sites (tertiary alicyclic amines) is 1. The molecule has 2 heterocycles. The van der Waals surface area contributed by atoms with Gasteiger partial charge in [0.05, 0.1) is 4.88 Å². The third-order valence-corrected chi connectivity index (χ3v) is 4.68. The van der Waals surface area contributed by atoms with Crippen molar-refractivity contribution >= 4 is 29.3 Å². The molecule has 0 spiro atoms. The van der Waals surface area contributed by atoms with Crippen LogP contribution in [0.1, 0.15) is 39.9 Å². The van der Waals surface area contributed by atoms with Crippen molar-refractivity contribution in [1.29, 1.82) is 0 Å². The van der Waals surface area contributed by atoms with Crippen molar-refractivity contribution in [3.63, 3.8) is 0 Å². The molecular formula is C15H19NO3S. The number of carbonyl (C=O) groups is 2. The highest BCUT2D eigenvalue weighted by molar-refractivity contribution is 7.15. The quantitative estimate of drug-likeness (QED) is 0.871. The summed E-state index contributed by atoms with van der Waals surface area (Å²) in [5.74, 6) is -0.352. The molecule has 1 aromatic rings. The second kappa shape index (κ2) is 6.22. The highest BCUT2D eigenvalue weighted by Crippen LogP contribution is 2.26. The largest absolute Gasteiger partial charge is 0.478 e. The summed E-state index contributed by atoms with van der Waals surface area (Å²) in [5, 5.41) is 8.66. The van der Waals surface area contributed by atoms with Gasteiger partial charge in [0.2, 0.25) is 0 Å². The van der Waals surface area contributed by atoms with Gasteiger partial charge in [0.1, 0.15) is 0 Å². The Bertz CT molecular complexity index is 547. The Morgan fingerprint density at radius 1 is 1.50 bits per heavy atom. The molecule has 1 aliphatic rings. The topological polar surface area (TPSA) is 57.6 Å². The fourth-order valence-electron chi connectivity index (χ4n) is 2.44. The summed E-state index contributed by atoms with van der Waals surface area (Å²) in [6.45, 7) is 5.70. The van der Waals surface area contributed by atoms with Crippen LogP contribution in [-0.4, -0.2) is 35.0 Å². The molecule has 1 saturated heterocycles. The number of hydrogen-bond donors (Lipinski definition) is 1. The van der Waals surface area contributed by atoms with Gasteiger partial charge in [0, 0.05) is 24.0 Å². The molecule has 0 aromatic carbocycles. The molecule has 20 heavy (non-hydrogen) atoms. The van der Waals surface area contributed by atoms with E-state index in [0.29, 0.717) is 10.8 Å². The normalized spacial score (nSPS) is 19.5. The average molecular weight is 293 g/mol. The van der Waals surface area contributed by atoms with Gasteiger partial charge < -0.3 is 10.0 Å². The van der Waals surface area contributed by atoms with Gasteiger partial charge in [-0.2, -0.15) is 0 Å². The Kier molecular flexibility index (Phi) is 4.60. The third-order valence-electron chi connectivity index (χ3n) is 3.49. The lowest BCUT2D eigenvalue weighted by Gasteiger charge is -2.30. The van der Waals surface area contributed by atoms with Gasteiger partial charge in [-0.3, -0.25) is 4.79 Å². The molecule has 0 radical (unpaired) electrons. The lowest BCUT2D eigenvalue weighted by atomic mass is 10.0. The summed E-state index contributed by atoms with van der Waals surface area (Å²) < 4.78 is 0. The molecule has 1 N–H and O–H groups in total. The summed E-state index contributed by atoms with van der Waals surface area (Å²) in [7, 11) is 0. The van der Waals surface area contributed by atoms with Gasteiger partial charge in [-0.15, -0.1) is 11.3 Å². The van der Waals surface area contributed by atoms with Crippen molar-refractivity contribution in [3.05, 3.63) is 27.5 Å². The summed E-state index contributed by atoms with van der Waals surface area (Å²) >= 11 is 1.36. The lowest BCUT2D eigenvalue weighted by molar-refractivity contribution is -0.131. The maximum absolute atomic E-state index is 12.4. The summed E-state index contributed by atoms with van der Waals surface area (Å²) in [5.41, 5.74) is 0.945. The Hall–Kier alpha value is -1.62. The van der Waals surface area contributed by atoms with Crippen LogP contribution < -0.4 is 0 Å². The average Bonchev–Trinajstić information content (AvgIpc) is 2.77. The number of amides is 1. The molecule has 1 atom stereocenters. The van der Waals surface area contributed by atoms with Gasteiger partial charge in [-0.1, -0.05) is 6.92 Å². The number of hydrogen-bond acceptors (Lipinski definition) is 3. The van der Waals surface area contributed by atoms with E-state index in [1.807, 2.05) is 17.9 Å². The molecule has 5 heteroatoms. The van der Waals surface area contributed by atoms with E-state index in [2.05, 4.69) is 6.92 Å². The first-order valence-corrected chi connectivity index (χ1v) is 7.59. The van der Waals surface area contributed by atoms with E-state index < -0.39 is 5.97 Å². The third kappa shape index (κ3) is 3.48. The Morgan fingerprint density at radius 2 is 2.25 bits per heavy atom. The van der Waals surface area contributed by atoms with Crippen LogP contribution in [0.5, 0.6) is 0 Å². The number of carboxylic acid groups (broad SMARTS) is 1. The molecular weight excluding hydrogens is 274 g/mol. The number of carboxylic acids is 1. The van der Waals surface area contributed by atoms with Crippen LogP contribution in [0.4, 0.5) is 0 Å². The number of aliphatic carboxylic acids is 1. The number of thiophene rings is 1. The second-order valence-electron chi connectivity index (χ2n) is 5.33. The Balaban J connectivity index is 2.14. The monoisotopic (exact) mass is 293 g/mol. The van der Waals surface area contributed by atoms with Crippen molar-refractivity contribution in [2.75, 3.05) is 13.1 Å². The zero-order valence-electron chi connectivity index (χ0n) is 11.8. The molecule has 108 valence electrons. The van der Waals surface area contributed by atoms with Crippen molar-refractivity contribution in [1.82, 2.24) is 4.90 Å². The first-order chi connectivity index (χ1) is 9.47. The number of nitrogens with zero attached hydrogens (tertiary/aromatic N) is 1. The molecule has 1 aliphatic heterocycles. The minimum Gasteiger partial charge on any atom is -0.478 e. The van der Waals surface area contributed by atoms with E-state index in [0.717, 1.165) is 36.0 Å². The molecule has 0 aliphatic carbocycles. The SMILES string of the molecule is Cc1cc(C(=O)N2CCCC(C)C2)sc1/C=C/C(=O)O. The van der Waals surface area contributed by atoms with E-state index in [-0.39, 0.29) is 5.91 Å². The molecule has 0 saturated carbocycles. The minimum atomic E-state index is -0.976. The number of aryl methyl sites for hydroxylation is 1. The predicted molar refractivity (Wildman–Crippen MR) is 80.0 cm³/mol. The first kappa shape index (κ1) is 14.8. The number of rotatable bonds is 3. The van der Waals surface area contributed by atoms with Crippen molar-refractivity contribution in [2.45, 2.75) is 26.7 Å². The van der Waals surface area contributed by atoms with E-state index in [1.54, 1.807) is 6.08 Å². The number of carbonyl (C=O) groups excluding carboxylic acids is 1. The van der Waals surface area contributed by atoms with Crippen LogP contribution in [0.15, 0.2) is 12.1 Å². The van der Waals surface area contributed by atoms with Crippen LogP contribution in [0.3, 0.4) is 0 Å². The summed E-state index contributed by atoms with van der Waals surface area (Å²) in [4.78, 5) is 26.4. The molecule has 1 fully saturated rings. The summed E-state index contributed by atoms with van der Waals surface area (Å²) in [6.07, 6.45) is 4.90. The predicted octanol–water partition coefficient (Wildman–Crippen LogP) is 3.03. The van der Waals surface area contributed by atoms with E-state index in [4.69, 9.17) is 5.11 Å². The van der Waals surface area contributed by atoms with Crippen molar-refractivity contribution < 1.29 is 14.7 Å². The van der Waals surface area contributed by atoms with E-state index in [9.17, 15) is 9.59 Å². The zero-order valence-corrected chi connectivity index (χ0v) is 12.6.